The van der Waals surface area contributed by atoms with Crippen molar-refractivity contribution in [2.24, 2.45) is 5.92 Å². The summed E-state index contributed by atoms with van der Waals surface area (Å²) in [5.74, 6) is -0.398. The van der Waals surface area contributed by atoms with E-state index in [-0.39, 0.29) is 11.9 Å². The average molecular weight is 337 g/mol. The lowest BCUT2D eigenvalue weighted by atomic mass is 10.1. The highest BCUT2D eigenvalue weighted by Crippen LogP contribution is 2.35. The summed E-state index contributed by atoms with van der Waals surface area (Å²) in [7, 11) is 3.20. The number of ether oxygens (including phenoxy) is 1. The number of benzene rings is 1. The van der Waals surface area contributed by atoms with Gasteiger partial charge in [-0.25, -0.2) is 9.18 Å². The van der Waals surface area contributed by atoms with Crippen molar-refractivity contribution < 1.29 is 19.0 Å². The molecule has 1 aliphatic rings. The van der Waals surface area contributed by atoms with Gasteiger partial charge in [-0.3, -0.25) is 4.90 Å². The lowest BCUT2D eigenvalue weighted by Crippen LogP contribution is -2.30. The number of likely N-dealkylation sites (N-methyl/N-ethyl adjacent to an activating group) is 1. The van der Waals surface area contributed by atoms with Crippen molar-refractivity contribution in [3.63, 3.8) is 0 Å². The predicted octanol–water partition coefficient (Wildman–Crippen LogP) is 3.03. The number of fused-ring (bicyclic) bond motifs is 1. The van der Waals surface area contributed by atoms with Crippen molar-refractivity contribution in [1.82, 2.24) is 4.90 Å². The number of carbonyl (C=O) groups is 1. The van der Waals surface area contributed by atoms with Crippen LogP contribution in [0.2, 0.25) is 0 Å². The van der Waals surface area contributed by atoms with E-state index in [0.717, 1.165) is 17.5 Å². The summed E-state index contributed by atoms with van der Waals surface area (Å²) in [6.45, 7) is 0.909. The molecule has 0 saturated heterocycles. The first-order valence-electron chi connectivity index (χ1n) is 7.66. The van der Waals surface area contributed by atoms with Crippen LogP contribution in [0.1, 0.15) is 28.1 Å². The molecule has 1 N–H and O–H groups in total. The molecule has 1 atom stereocenters. The van der Waals surface area contributed by atoms with E-state index >= 15 is 0 Å². The minimum Gasteiger partial charge on any atom is -0.465 e. The highest BCUT2D eigenvalue weighted by atomic mass is 32.1. The molecule has 1 heterocycles. The van der Waals surface area contributed by atoms with Crippen molar-refractivity contribution in [2.75, 3.05) is 20.7 Å². The summed E-state index contributed by atoms with van der Waals surface area (Å²) >= 11 is 1.25. The summed E-state index contributed by atoms with van der Waals surface area (Å²) < 4.78 is 19.8. The zero-order chi connectivity index (χ0) is 16.6. The van der Waals surface area contributed by atoms with Crippen molar-refractivity contribution >= 4 is 27.4 Å². The molecular weight excluding hydrogens is 317 g/mol. The molecular formula is C17H20FNO3S. The first-order chi connectivity index (χ1) is 11.0. The smallest absolute Gasteiger partial charge is 0.348 e. The van der Waals surface area contributed by atoms with Gasteiger partial charge in [-0.1, -0.05) is 6.07 Å². The average Bonchev–Trinajstić information content (AvgIpc) is 3.30. The highest BCUT2D eigenvalue weighted by molar-refractivity contribution is 7.21. The fourth-order valence-corrected chi connectivity index (χ4v) is 4.01. The fourth-order valence-electron chi connectivity index (χ4n) is 2.86. The Morgan fingerprint density at radius 3 is 2.91 bits per heavy atom. The van der Waals surface area contributed by atoms with Gasteiger partial charge in [-0.2, -0.15) is 0 Å². The van der Waals surface area contributed by atoms with Gasteiger partial charge in [-0.05, 0) is 37.9 Å². The van der Waals surface area contributed by atoms with E-state index in [0.29, 0.717) is 34.8 Å². The molecule has 1 saturated carbocycles. The molecule has 23 heavy (non-hydrogen) atoms. The normalized spacial score (nSPS) is 16.0. The predicted molar refractivity (Wildman–Crippen MR) is 88.2 cm³/mol. The molecule has 124 valence electrons. The maximum Gasteiger partial charge on any atom is 0.348 e. The molecule has 3 rings (SSSR count). The van der Waals surface area contributed by atoms with E-state index < -0.39 is 5.97 Å². The molecule has 1 fully saturated rings. The molecule has 4 nitrogen and oxygen atoms in total. The van der Waals surface area contributed by atoms with Crippen LogP contribution in [0.4, 0.5) is 4.39 Å². The minimum atomic E-state index is -0.447. The van der Waals surface area contributed by atoms with Crippen molar-refractivity contribution in [3.05, 3.63) is 34.5 Å². The number of esters is 1. The Hall–Kier alpha value is -1.50. The van der Waals surface area contributed by atoms with Crippen molar-refractivity contribution in [3.8, 4) is 0 Å². The van der Waals surface area contributed by atoms with Gasteiger partial charge in [0.1, 0.15) is 10.7 Å². The lowest BCUT2D eigenvalue weighted by Gasteiger charge is -2.20. The summed E-state index contributed by atoms with van der Waals surface area (Å²) in [4.78, 5) is 14.4. The fraction of sp³-hybridized carbons (Fsp3) is 0.471. The second kappa shape index (κ2) is 6.55. The van der Waals surface area contributed by atoms with Gasteiger partial charge in [0.05, 0.1) is 13.2 Å². The minimum absolute atomic E-state index is 0.333. The number of halogens is 1. The maximum absolute atomic E-state index is 14.3. The molecule has 2 aromatic rings. The second-order valence-corrected chi connectivity index (χ2v) is 7.17. The molecule has 1 unspecified atom stereocenters. The summed E-state index contributed by atoms with van der Waals surface area (Å²) in [5.41, 5.74) is 0.639. The molecule has 1 aromatic carbocycles. The molecule has 0 spiro atoms. The van der Waals surface area contributed by atoms with Gasteiger partial charge in [0.2, 0.25) is 0 Å². The Morgan fingerprint density at radius 2 is 2.26 bits per heavy atom. The molecule has 0 aliphatic heterocycles. The second-order valence-electron chi connectivity index (χ2n) is 6.12. The number of hydrogen-bond acceptors (Lipinski definition) is 5. The topological polar surface area (TPSA) is 49.8 Å². The number of rotatable bonds is 6. The van der Waals surface area contributed by atoms with E-state index in [2.05, 4.69) is 0 Å². The van der Waals surface area contributed by atoms with Crippen molar-refractivity contribution in [2.45, 2.75) is 25.5 Å². The lowest BCUT2D eigenvalue weighted by molar-refractivity contribution is 0.0603. The Balaban J connectivity index is 1.91. The summed E-state index contributed by atoms with van der Waals surface area (Å²) in [6.07, 6.45) is 1.77. The van der Waals surface area contributed by atoms with Gasteiger partial charge in [0.15, 0.2) is 0 Å². The Labute approximate surface area is 138 Å². The Kier molecular flexibility index (Phi) is 4.66. The number of hydrogen-bond donors (Lipinski definition) is 1. The van der Waals surface area contributed by atoms with Crippen LogP contribution in [0, 0.1) is 11.7 Å². The van der Waals surface area contributed by atoms with Crippen LogP contribution in [-0.2, 0) is 11.3 Å². The standard InChI is InChI=1S/C17H20FNO3S/c1-19(9-13(20)10-6-7-10)8-11-15-12(18)4-3-5-14(15)23-16(11)17(21)22-2/h3-5,10,13,20H,6-9H2,1-2H3. The van der Waals surface area contributed by atoms with Crippen LogP contribution in [-0.4, -0.2) is 42.8 Å². The van der Waals surface area contributed by atoms with Gasteiger partial charge in [-0.15, -0.1) is 11.3 Å². The Bertz CT molecular complexity index is 726. The van der Waals surface area contributed by atoms with Crippen LogP contribution in [0.15, 0.2) is 18.2 Å². The number of aliphatic hydroxyl groups is 1. The molecule has 6 heteroatoms. The molecule has 0 bridgehead atoms. The maximum atomic E-state index is 14.3. The summed E-state index contributed by atoms with van der Waals surface area (Å²) in [6, 6.07) is 4.84. The van der Waals surface area contributed by atoms with Crippen LogP contribution in [0.25, 0.3) is 10.1 Å². The van der Waals surface area contributed by atoms with Gasteiger partial charge in [0.25, 0.3) is 0 Å². The third-order valence-electron chi connectivity index (χ3n) is 4.23. The van der Waals surface area contributed by atoms with E-state index in [4.69, 9.17) is 4.74 Å². The van der Waals surface area contributed by atoms with E-state index in [9.17, 15) is 14.3 Å². The zero-order valence-corrected chi connectivity index (χ0v) is 14.0. The van der Waals surface area contributed by atoms with Crippen LogP contribution >= 0.6 is 11.3 Å². The first kappa shape index (κ1) is 16.4. The largest absolute Gasteiger partial charge is 0.465 e. The molecule has 1 aromatic heterocycles. The highest BCUT2D eigenvalue weighted by Gasteiger charge is 2.31. The van der Waals surface area contributed by atoms with Crippen LogP contribution in [0.3, 0.4) is 0 Å². The number of thiophene rings is 1. The van der Waals surface area contributed by atoms with Gasteiger partial charge in [0, 0.05) is 28.7 Å². The molecule has 0 radical (unpaired) electrons. The van der Waals surface area contributed by atoms with Gasteiger partial charge < -0.3 is 9.84 Å². The molecule has 0 amide bonds. The first-order valence-corrected chi connectivity index (χ1v) is 8.47. The van der Waals surface area contributed by atoms with E-state index in [1.54, 1.807) is 12.1 Å². The number of aliphatic hydroxyl groups excluding tert-OH is 1. The third kappa shape index (κ3) is 3.39. The number of methoxy groups -OCH3 is 1. The monoisotopic (exact) mass is 337 g/mol. The van der Waals surface area contributed by atoms with E-state index in [1.165, 1.54) is 24.5 Å². The van der Waals surface area contributed by atoms with Crippen molar-refractivity contribution in [1.29, 1.82) is 0 Å². The Morgan fingerprint density at radius 1 is 1.52 bits per heavy atom. The van der Waals surface area contributed by atoms with E-state index in [1.807, 2.05) is 11.9 Å². The third-order valence-corrected chi connectivity index (χ3v) is 5.40. The van der Waals surface area contributed by atoms with Gasteiger partial charge >= 0.3 is 5.97 Å². The zero-order valence-electron chi connectivity index (χ0n) is 13.2. The molecule has 1 aliphatic carbocycles. The summed E-state index contributed by atoms with van der Waals surface area (Å²) in [5, 5.41) is 10.6. The number of nitrogens with zero attached hydrogens (tertiary/aromatic N) is 1. The quantitative estimate of drug-likeness (QED) is 0.823. The SMILES string of the molecule is COC(=O)c1sc2cccc(F)c2c1CN(C)CC(O)C1CC1. The van der Waals surface area contributed by atoms with Crippen LogP contribution < -0.4 is 0 Å². The van der Waals surface area contributed by atoms with Crippen LogP contribution in [0.5, 0.6) is 0 Å². The number of carbonyl (C=O) groups excluding carboxylic acids is 1.